The zero-order chi connectivity index (χ0) is 14.5. The second-order valence-electron chi connectivity index (χ2n) is 4.44. The van der Waals surface area contributed by atoms with Crippen LogP contribution >= 0.6 is 27.5 Å². The highest BCUT2D eigenvalue weighted by atomic mass is 79.9. The van der Waals surface area contributed by atoms with Crippen LogP contribution in [0.3, 0.4) is 0 Å². The van der Waals surface area contributed by atoms with Gasteiger partial charge in [0.2, 0.25) is 0 Å². The SMILES string of the molecule is CCNC(c1cccc(Cl)c1)c1ccc(OC)c(Br)c1. The minimum absolute atomic E-state index is 0.112. The molecule has 2 aromatic carbocycles. The summed E-state index contributed by atoms with van der Waals surface area (Å²) in [6, 6.07) is 14.2. The van der Waals surface area contributed by atoms with Crippen LogP contribution in [0, 0.1) is 0 Å². The first-order valence-corrected chi connectivity index (χ1v) is 7.65. The molecule has 2 rings (SSSR count). The van der Waals surface area contributed by atoms with Crippen molar-refractivity contribution in [3.8, 4) is 5.75 Å². The maximum atomic E-state index is 6.10. The van der Waals surface area contributed by atoms with Crippen molar-refractivity contribution in [2.75, 3.05) is 13.7 Å². The number of benzene rings is 2. The fraction of sp³-hybridized carbons (Fsp3) is 0.250. The molecule has 0 heterocycles. The van der Waals surface area contributed by atoms with Gasteiger partial charge in [0.05, 0.1) is 17.6 Å². The van der Waals surface area contributed by atoms with Gasteiger partial charge in [0.15, 0.2) is 0 Å². The van der Waals surface area contributed by atoms with E-state index in [0.29, 0.717) is 0 Å². The van der Waals surface area contributed by atoms with Crippen LogP contribution in [0.5, 0.6) is 5.75 Å². The number of rotatable bonds is 5. The Hall–Kier alpha value is -1.03. The van der Waals surface area contributed by atoms with Crippen molar-refractivity contribution in [1.29, 1.82) is 0 Å². The van der Waals surface area contributed by atoms with Gasteiger partial charge in [-0.15, -0.1) is 0 Å². The maximum absolute atomic E-state index is 6.10. The minimum atomic E-state index is 0.112. The molecule has 106 valence electrons. The molecule has 0 spiro atoms. The number of ether oxygens (including phenoxy) is 1. The Morgan fingerprint density at radius 2 is 1.95 bits per heavy atom. The number of nitrogens with one attached hydrogen (secondary N) is 1. The third-order valence-electron chi connectivity index (χ3n) is 3.10. The van der Waals surface area contributed by atoms with Crippen molar-refractivity contribution in [2.24, 2.45) is 0 Å². The average Bonchev–Trinajstić information content (AvgIpc) is 2.44. The molecule has 1 atom stereocenters. The second kappa shape index (κ2) is 7.11. The van der Waals surface area contributed by atoms with Crippen LogP contribution in [-0.4, -0.2) is 13.7 Å². The van der Waals surface area contributed by atoms with Crippen LogP contribution in [0.4, 0.5) is 0 Å². The molecule has 1 unspecified atom stereocenters. The summed E-state index contributed by atoms with van der Waals surface area (Å²) in [7, 11) is 1.67. The highest BCUT2D eigenvalue weighted by Crippen LogP contribution is 2.31. The predicted molar refractivity (Wildman–Crippen MR) is 87.7 cm³/mol. The van der Waals surface area contributed by atoms with Gasteiger partial charge in [0, 0.05) is 5.02 Å². The van der Waals surface area contributed by atoms with E-state index in [1.807, 2.05) is 24.3 Å². The highest BCUT2D eigenvalue weighted by molar-refractivity contribution is 9.10. The van der Waals surface area contributed by atoms with E-state index in [1.54, 1.807) is 7.11 Å². The van der Waals surface area contributed by atoms with Crippen molar-refractivity contribution in [2.45, 2.75) is 13.0 Å². The van der Waals surface area contributed by atoms with Crippen molar-refractivity contribution >= 4 is 27.5 Å². The van der Waals surface area contributed by atoms with Gasteiger partial charge in [0.25, 0.3) is 0 Å². The summed E-state index contributed by atoms with van der Waals surface area (Å²) in [6.07, 6.45) is 0. The Kier molecular flexibility index (Phi) is 5.46. The zero-order valence-electron chi connectivity index (χ0n) is 11.5. The second-order valence-corrected chi connectivity index (χ2v) is 5.73. The topological polar surface area (TPSA) is 21.3 Å². The predicted octanol–water partition coefficient (Wildman–Crippen LogP) is 4.81. The maximum Gasteiger partial charge on any atom is 0.133 e. The summed E-state index contributed by atoms with van der Waals surface area (Å²) in [5, 5.41) is 4.23. The van der Waals surface area contributed by atoms with E-state index in [0.717, 1.165) is 27.4 Å². The van der Waals surface area contributed by atoms with Crippen LogP contribution in [0.2, 0.25) is 5.02 Å². The molecule has 20 heavy (non-hydrogen) atoms. The van der Waals surface area contributed by atoms with Crippen LogP contribution in [0.15, 0.2) is 46.9 Å². The molecule has 4 heteroatoms. The summed E-state index contributed by atoms with van der Waals surface area (Å²) in [6.45, 7) is 2.97. The van der Waals surface area contributed by atoms with Gasteiger partial charge >= 0.3 is 0 Å². The van der Waals surface area contributed by atoms with Gasteiger partial charge in [-0.05, 0) is 57.9 Å². The summed E-state index contributed by atoms with van der Waals surface area (Å²) >= 11 is 9.63. The van der Waals surface area contributed by atoms with Gasteiger partial charge in [0.1, 0.15) is 5.75 Å². The Morgan fingerprint density at radius 3 is 2.55 bits per heavy atom. The van der Waals surface area contributed by atoms with Crippen molar-refractivity contribution in [3.63, 3.8) is 0 Å². The highest BCUT2D eigenvalue weighted by Gasteiger charge is 2.14. The molecular weight excluding hydrogens is 338 g/mol. The smallest absolute Gasteiger partial charge is 0.133 e. The van der Waals surface area contributed by atoms with Crippen molar-refractivity contribution < 1.29 is 4.74 Å². The fourth-order valence-electron chi connectivity index (χ4n) is 2.18. The Balaban J connectivity index is 2.40. The van der Waals surface area contributed by atoms with E-state index < -0.39 is 0 Å². The molecule has 2 nitrogen and oxygen atoms in total. The van der Waals surface area contributed by atoms with E-state index in [4.69, 9.17) is 16.3 Å². The lowest BCUT2D eigenvalue weighted by Gasteiger charge is -2.20. The molecular formula is C16H17BrClNO. The van der Waals surface area contributed by atoms with E-state index >= 15 is 0 Å². The van der Waals surface area contributed by atoms with Gasteiger partial charge in [-0.25, -0.2) is 0 Å². The lowest BCUT2D eigenvalue weighted by Crippen LogP contribution is -2.22. The van der Waals surface area contributed by atoms with E-state index in [2.05, 4.69) is 46.4 Å². The Labute approximate surface area is 133 Å². The monoisotopic (exact) mass is 353 g/mol. The molecule has 0 radical (unpaired) electrons. The molecule has 0 saturated heterocycles. The third kappa shape index (κ3) is 3.54. The molecule has 1 N–H and O–H groups in total. The fourth-order valence-corrected chi connectivity index (χ4v) is 2.94. The van der Waals surface area contributed by atoms with Gasteiger partial charge in [-0.2, -0.15) is 0 Å². The molecule has 0 amide bonds. The van der Waals surface area contributed by atoms with E-state index in [1.165, 1.54) is 5.56 Å². The summed E-state index contributed by atoms with van der Waals surface area (Å²) in [5.74, 6) is 0.829. The molecule has 0 bridgehead atoms. The third-order valence-corrected chi connectivity index (χ3v) is 3.95. The molecule has 0 aliphatic carbocycles. The summed E-state index contributed by atoms with van der Waals surface area (Å²) < 4.78 is 6.22. The Bertz CT molecular complexity index is 588. The first kappa shape index (κ1) is 15.4. The largest absolute Gasteiger partial charge is 0.496 e. The first-order valence-electron chi connectivity index (χ1n) is 6.48. The molecule has 2 aromatic rings. The zero-order valence-corrected chi connectivity index (χ0v) is 13.8. The van der Waals surface area contributed by atoms with Crippen LogP contribution < -0.4 is 10.1 Å². The molecule has 0 aliphatic heterocycles. The van der Waals surface area contributed by atoms with Gasteiger partial charge < -0.3 is 10.1 Å². The molecule has 0 aliphatic rings. The number of methoxy groups -OCH3 is 1. The average molecular weight is 355 g/mol. The molecule has 0 fully saturated rings. The lowest BCUT2D eigenvalue weighted by molar-refractivity contribution is 0.412. The number of hydrogen-bond acceptors (Lipinski definition) is 2. The van der Waals surface area contributed by atoms with Gasteiger partial charge in [-0.1, -0.05) is 36.7 Å². The molecule has 0 aromatic heterocycles. The van der Waals surface area contributed by atoms with Crippen molar-refractivity contribution in [1.82, 2.24) is 5.32 Å². The quantitative estimate of drug-likeness (QED) is 0.832. The van der Waals surface area contributed by atoms with Crippen LogP contribution in [0.1, 0.15) is 24.1 Å². The summed E-state index contributed by atoms with van der Waals surface area (Å²) in [5.41, 5.74) is 2.32. The Morgan fingerprint density at radius 1 is 1.20 bits per heavy atom. The number of halogens is 2. The summed E-state index contributed by atoms with van der Waals surface area (Å²) in [4.78, 5) is 0. The van der Waals surface area contributed by atoms with Gasteiger partial charge in [-0.3, -0.25) is 0 Å². The normalized spacial score (nSPS) is 12.2. The standard InChI is InChI=1S/C16H17BrClNO/c1-3-19-16(11-5-4-6-13(18)9-11)12-7-8-15(20-2)14(17)10-12/h4-10,16,19H,3H2,1-2H3. The lowest BCUT2D eigenvalue weighted by atomic mass is 9.98. The van der Waals surface area contributed by atoms with E-state index in [9.17, 15) is 0 Å². The molecule has 0 saturated carbocycles. The van der Waals surface area contributed by atoms with E-state index in [-0.39, 0.29) is 6.04 Å². The minimum Gasteiger partial charge on any atom is -0.496 e. The van der Waals surface area contributed by atoms with Crippen molar-refractivity contribution in [3.05, 3.63) is 63.1 Å². The van der Waals surface area contributed by atoms with Crippen LogP contribution in [0.25, 0.3) is 0 Å². The number of hydrogen-bond donors (Lipinski definition) is 1. The first-order chi connectivity index (χ1) is 9.65. The van der Waals surface area contributed by atoms with Crippen LogP contribution in [-0.2, 0) is 0 Å².